The third-order valence-electron chi connectivity index (χ3n) is 3.62. The van der Waals surface area contributed by atoms with Crippen LogP contribution in [0.4, 0.5) is 0 Å². The number of benzene rings is 2. The number of imidazole rings is 1. The largest absolute Gasteiger partial charge is 0.509 e. The molecule has 0 radical (unpaired) electrons. The third-order valence-corrected chi connectivity index (χ3v) is 3.62. The van der Waals surface area contributed by atoms with Crippen LogP contribution in [0.3, 0.4) is 0 Å². The number of hydrogen-bond acceptors (Lipinski definition) is 5. The van der Waals surface area contributed by atoms with Gasteiger partial charge in [-0.15, -0.1) is 0 Å². The van der Waals surface area contributed by atoms with Gasteiger partial charge in [-0.05, 0) is 42.0 Å². The summed E-state index contributed by atoms with van der Waals surface area (Å²) in [7, 11) is 1.60. The number of para-hydroxylation sites is 2. The molecule has 2 aromatic carbocycles. The van der Waals surface area contributed by atoms with Crippen LogP contribution in [0.15, 0.2) is 59.3 Å². The molecule has 0 fully saturated rings. The zero-order valence-corrected chi connectivity index (χ0v) is 13.6. The molecule has 0 aliphatic carbocycles. The van der Waals surface area contributed by atoms with Crippen molar-refractivity contribution in [1.82, 2.24) is 9.97 Å². The van der Waals surface area contributed by atoms with Crippen LogP contribution in [0.5, 0.6) is 5.75 Å². The summed E-state index contributed by atoms with van der Waals surface area (Å²) in [6, 6.07) is 16.8. The zero-order chi connectivity index (χ0) is 17.6. The lowest BCUT2D eigenvalue weighted by atomic mass is 10.2. The summed E-state index contributed by atoms with van der Waals surface area (Å²) in [4.78, 5) is 11.5. The third kappa shape index (κ3) is 3.67. The molecular formula is C19H16N4O2. The van der Waals surface area contributed by atoms with Crippen molar-refractivity contribution in [3.8, 4) is 11.8 Å². The van der Waals surface area contributed by atoms with Gasteiger partial charge in [0.1, 0.15) is 23.2 Å². The number of aliphatic hydroxyl groups is 1. The van der Waals surface area contributed by atoms with E-state index in [0.717, 1.165) is 22.3 Å². The molecule has 0 bridgehead atoms. The first kappa shape index (κ1) is 16.3. The maximum Gasteiger partial charge on any atom is 0.152 e. The highest BCUT2D eigenvalue weighted by molar-refractivity contribution is 5.83. The van der Waals surface area contributed by atoms with Gasteiger partial charge >= 0.3 is 0 Å². The molecule has 3 rings (SSSR count). The predicted molar refractivity (Wildman–Crippen MR) is 96.7 cm³/mol. The number of nitriles is 1. The molecular weight excluding hydrogens is 316 g/mol. The van der Waals surface area contributed by atoms with Gasteiger partial charge in [-0.25, -0.2) is 4.98 Å². The Hall–Kier alpha value is -3.59. The van der Waals surface area contributed by atoms with Crippen molar-refractivity contribution in [2.45, 2.75) is 0 Å². The van der Waals surface area contributed by atoms with Gasteiger partial charge in [-0.2, -0.15) is 5.26 Å². The van der Waals surface area contributed by atoms with Crippen LogP contribution < -0.4 is 4.74 Å². The Bertz CT molecular complexity index is 946. The Labute approximate surface area is 144 Å². The topological polar surface area (TPSA) is 94.3 Å². The zero-order valence-electron chi connectivity index (χ0n) is 13.6. The molecule has 0 saturated heterocycles. The maximum atomic E-state index is 10.2. The van der Waals surface area contributed by atoms with Crippen molar-refractivity contribution in [1.29, 1.82) is 5.26 Å². The number of ether oxygens (including phenoxy) is 1. The fourth-order valence-electron chi connectivity index (χ4n) is 2.33. The van der Waals surface area contributed by atoms with Crippen LogP contribution in [-0.4, -0.2) is 34.9 Å². The Morgan fingerprint density at radius 3 is 2.72 bits per heavy atom. The number of aliphatic imine (C=N–C) groups is 1. The van der Waals surface area contributed by atoms with Crippen molar-refractivity contribution in [2.75, 3.05) is 13.7 Å². The van der Waals surface area contributed by atoms with E-state index in [4.69, 9.17) is 4.74 Å². The molecule has 0 amide bonds. The van der Waals surface area contributed by atoms with Gasteiger partial charge in [0, 0.05) is 6.21 Å². The molecule has 0 saturated carbocycles. The van der Waals surface area contributed by atoms with Crippen molar-refractivity contribution in [2.24, 2.45) is 4.99 Å². The van der Waals surface area contributed by atoms with Crippen molar-refractivity contribution < 1.29 is 9.84 Å². The minimum absolute atomic E-state index is 0.00797. The Morgan fingerprint density at radius 1 is 1.28 bits per heavy atom. The van der Waals surface area contributed by atoms with E-state index in [1.165, 1.54) is 0 Å². The number of fused-ring (bicyclic) bond motifs is 1. The highest BCUT2D eigenvalue weighted by atomic mass is 16.5. The summed E-state index contributed by atoms with van der Waals surface area (Å²) in [5, 5.41) is 19.6. The number of rotatable bonds is 5. The number of aromatic nitrogens is 2. The second-order valence-electron chi connectivity index (χ2n) is 5.28. The van der Waals surface area contributed by atoms with Gasteiger partial charge in [0.2, 0.25) is 0 Å². The molecule has 0 aliphatic heterocycles. The van der Waals surface area contributed by atoms with E-state index in [1.54, 1.807) is 13.3 Å². The average molecular weight is 332 g/mol. The molecule has 0 atom stereocenters. The molecule has 1 aromatic heterocycles. The number of aromatic amines is 1. The average Bonchev–Trinajstić information content (AvgIpc) is 3.06. The van der Waals surface area contributed by atoms with E-state index >= 15 is 0 Å². The van der Waals surface area contributed by atoms with Crippen LogP contribution in [0.2, 0.25) is 0 Å². The number of allylic oxidation sites excluding steroid dienone is 1. The summed E-state index contributed by atoms with van der Waals surface area (Å²) in [6.45, 7) is -0.00797. The Morgan fingerprint density at radius 2 is 2.04 bits per heavy atom. The second kappa shape index (κ2) is 7.32. The Balaban J connectivity index is 1.79. The van der Waals surface area contributed by atoms with Crippen molar-refractivity contribution in [3.05, 3.63) is 65.7 Å². The van der Waals surface area contributed by atoms with Gasteiger partial charge in [0.15, 0.2) is 5.82 Å². The maximum absolute atomic E-state index is 10.2. The van der Waals surface area contributed by atoms with Crippen LogP contribution in [-0.2, 0) is 0 Å². The summed E-state index contributed by atoms with van der Waals surface area (Å²) in [5.74, 6) is 0.962. The summed E-state index contributed by atoms with van der Waals surface area (Å²) in [5.41, 5.74) is 2.50. The van der Waals surface area contributed by atoms with Crippen molar-refractivity contribution >= 4 is 22.8 Å². The first-order valence-electron chi connectivity index (χ1n) is 7.62. The number of H-pyrrole nitrogens is 1. The number of methoxy groups -OCH3 is 1. The fourth-order valence-corrected chi connectivity index (χ4v) is 2.33. The van der Waals surface area contributed by atoms with Gasteiger partial charge in [0.25, 0.3) is 0 Å². The van der Waals surface area contributed by atoms with Crippen molar-refractivity contribution in [3.63, 3.8) is 0 Å². The first-order chi connectivity index (χ1) is 12.2. The second-order valence-corrected chi connectivity index (χ2v) is 5.28. The van der Waals surface area contributed by atoms with Crippen LogP contribution in [0, 0.1) is 11.3 Å². The lowest BCUT2D eigenvalue weighted by Crippen LogP contribution is -1.96. The monoisotopic (exact) mass is 332 g/mol. The molecule has 0 spiro atoms. The predicted octanol–water partition coefficient (Wildman–Crippen LogP) is 3.48. The molecule has 124 valence electrons. The summed E-state index contributed by atoms with van der Waals surface area (Å²) >= 11 is 0. The number of hydrogen-bond donors (Lipinski definition) is 2. The smallest absolute Gasteiger partial charge is 0.152 e. The molecule has 0 aliphatic rings. The quantitative estimate of drug-likeness (QED) is 0.425. The minimum atomic E-state index is -0.133. The summed E-state index contributed by atoms with van der Waals surface area (Å²) in [6.07, 6.45) is 1.63. The molecule has 2 N–H and O–H groups in total. The van der Waals surface area contributed by atoms with Gasteiger partial charge in [-0.3, -0.25) is 4.99 Å². The highest BCUT2D eigenvalue weighted by Gasteiger charge is 2.12. The fraction of sp³-hybridized carbons (Fsp3) is 0.105. The van der Waals surface area contributed by atoms with Crippen LogP contribution >= 0.6 is 0 Å². The lowest BCUT2D eigenvalue weighted by molar-refractivity contribution is 0.407. The lowest BCUT2D eigenvalue weighted by Gasteiger charge is -2.00. The Kier molecular flexibility index (Phi) is 4.77. The van der Waals surface area contributed by atoms with Gasteiger partial charge in [-0.1, -0.05) is 12.1 Å². The number of nitrogens with one attached hydrogen (secondary N) is 1. The molecule has 0 unspecified atom stereocenters. The molecule has 6 nitrogen and oxygen atoms in total. The number of aliphatic hydroxyl groups excluding tert-OH is 1. The van der Waals surface area contributed by atoms with E-state index in [0.29, 0.717) is 5.82 Å². The van der Waals surface area contributed by atoms with E-state index in [1.807, 2.05) is 54.6 Å². The van der Waals surface area contributed by atoms with E-state index in [-0.39, 0.29) is 17.9 Å². The van der Waals surface area contributed by atoms with E-state index in [9.17, 15) is 10.4 Å². The highest BCUT2D eigenvalue weighted by Crippen LogP contribution is 2.18. The molecule has 1 heterocycles. The minimum Gasteiger partial charge on any atom is -0.509 e. The van der Waals surface area contributed by atoms with E-state index in [2.05, 4.69) is 15.0 Å². The van der Waals surface area contributed by atoms with Gasteiger partial charge in [0.05, 0.1) is 24.7 Å². The SMILES string of the molecule is COc1ccc(C=NC/C(O)=C(\C#N)c2nc3ccccc3[nH]2)cc1. The molecule has 25 heavy (non-hydrogen) atoms. The standard InChI is InChI=1S/C19H16N4O2/c1-25-14-8-6-13(7-9-14)11-21-12-18(24)15(10-20)19-22-16-4-2-3-5-17(16)23-19/h2-9,11,24H,12H2,1H3,(H,22,23)/b18-15-,21-11?. The normalized spacial score (nSPS) is 12.2. The van der Waals surface area contributed by atoms with Crippen LogP contribution in [0.25, 0.3) is 16.6 Å². The molecule has 6 heteroatoms. The molecule has 3 aromatic rings. The number of nitrogens with zero attached hydrogens (tertiary/aromatic N) is 3. The van der Waals surface area contributed by atoms with E-state index < -0.39 is 0 Å². The van der Waals surface area contributed by atoms with Crippen LogP contribution in [0.1, 0.15) is 11.4 Å². The first-order valence-corrected chi connectivity index (χ1v) is 7.62. The summed E-state index contributed by atoms with van der Waals surface area (Å²) < 4.78 is 5.09. The van der Waals surface area contributed by atoms with Gasteiger partial charge < -0.3 is 14.8 Å².